The Morgan fingerprint density at radius 2 is 0.872 bits per heavy atom. The number of hydrogen-bond acceptors (Lipinski definition) is 12. The van der Waals surface area contributed by atoms with Crippen molar-refractivity contribution in [1.82, 2.24) is 30.9 Å². The van der Waals surface area contributed by atoms with Gasteiger partial charge in [0.05, 0.1) is 55.7 Å². The van der Waals surface area contributed by atoms with Crippen LogP contribution in [-0.4, -0.2) is 49.9 Å². The van der Waals surface area contributed by atoms with Crippen LogP contribution in [-0.2, 0) is 34.0 Å². The van der Waals surface area contributed by atoms with Gasteiger partial charge in [0.1, 0.15) is 17.3 Å². The van der Waals surface area contributed by atoms with E-state index in [0.29, 0.717) is 32.8 Å². The Labute approximate surface area is 235 Å². The summed E-state index contributed by atoms with van der Waals surface area (Å²) in [6, 6.07) is 10.5. The zero-order valence-electron chi connectivity index (χ0n) is 20.5. The molecule has 0 saturated heterocycles. The lowest BCUT2D eigenvalue weighted by atomic mass is 10.4. The molecule has 4 aromatic heterocycles. The third-order valence-electron chi connectivity index (χ3n) is 4.69. The first-order valence-electron chi connectivity index (χ1n) is 11.5. The third kappa shape index (κ3) is 10.2. The first-order chi connectivity index (χ1) is 19.0. The summed E-state index contributed by atoms with van der Waals surface area (Å²) < 4.78 is 15.6. The lowest BCUT2D eigenvalue weighted by molar-refractivity contribution is -0.119. The van der Waals surface area contributed by atoms with E-state index in [1.54, 1.807) is 36.4 Å². The Hall–Kier alpha value is -3.69. The molecule has 0 aromatic carbocycles. The number of aromatic nitrogens is 3. The van der Waals surface area contributed by atoms with E-state index in [1.165, 1.54) is 18.8 Å². The van der Waals surface area contributed by atoms with E-state index in [9.17, 15) is 14.4 Å². The van der Waals surface area contributed by atoms with Gasteiger partial charge in [-0.15, -0.1) is 0 Å². The van der Waals surface area contributed by atoms with E-state index >= 15 is 0 Å². The highest BCUT2D eigenvalue weighted by molar-refractivity contribution is 8.01. The number of rotatable bonds is 15. The van der Waals surface area contributed by atoms with Gasteiger partial charge in [0.2, 0.25) is 17.7 Å². The molecule has 0 atom stereocenters. The van der Waals surface area contributed by atoms with Gasteiger partial charge in [-0.05, 0) is 36.4 Å². The molecule has 4 aromatic rings. The van der Waals surface area contributed by atoms with Crippen LogP contribution in [0.25, 0.3) is 0 Å². The standard InChI is InChI=1S/C24H24N6O6S3/c31-19(25-10-16-4-1-7-34-16)13-37-22-28-23(38-14-20(32)26-11-17-5-2-8-35-17)30-24(29-22)39-15-21(33)27-12-18-6-3-9-36-18/h1-9H,10-15H2,(H,25,31)(H,26,32)(H,27,33). The van der Waals surface area contributed by atoms with E-state index in [2.05, 4.69) is 30.9 Å². The molecule has 0 aliphatic heterocycles. The molecule has 0 aliphatic carbocycles. The summed E-state index contributed by atoms with van der Waals surface area (Å²) in [6.07, 6.45) is 4.61. The van der Waals surface area contributed by atoms with Crippen molar-refractivity contribution in [2.24, 2.45) is 0 Å². The normalized spacial score (nSPS) is 10.8. The second-order valence-corrected chi connectivity index (χ2v) is 10.4. The predicted molar refractivity (Wildman–Crippen MR) is 144 cm³/mol. The fourth-order valence-corrected chi connectivity index (χ4v) is 5.02. The molecule has 0 fully saturated rings. The minimum atomic E-state index is -0.227. The van der Waals surface area contributed by atoms with Crippen LogP contribution >= 0.6 is 35.3 Å². The molecule has 0 spiro atoms. The van der Waals surface area contributed by atoms with E-state index in [4.69, 9.17) is 13.3 Å². The van der Waals surface area contributed by atoms with Crippen molar-refractivity contribution in [2.45, 2.75) is 35.1 Å². The summed E-state index contributed by atoms with van der Waals surface area (Å²) in [6.45, 7) is 0.810. The first-order valence-corrected chi connectivity index (χ1v) is 14.5. The van der Waals surface area contributed by atoms with E-state index in [-0.39, 0.29) is 54.6 Å². The molecule has 4 rings (SSSR count). The zero-order valence-corrected chi connectivity index (χ0v) is 22.9. The van der Waals surface area contributed by atoms with E-state index < -0.39 is 0 Å². The molecule has 0 bridgehead atoms. The van der Waals surface area contributed by atoms with E-state index in [0.717, 1.165) is 35.3 Å². The number of hydrogen-bond donors (Lipinski definition) is 3. The largest absolute Gasteiger partial charge is 0.467 e. The van der Waals surface area contributed by atoms with Crippen LogP contribution in [0, 0.1) is 0 Å². The molecular weight excluding hydrogens is 565 g/mol. The van der Waals surface area contributed by atoms with E-state index in [1.807, 2.05) is 0 Å². The molecule has 3 amide bonds. The second kappa shape index (κ2) is 15.0. The maximum absolute atomic E-state index is 12.3. The second-order valence-electron chi connectivity index (χ2n) is 7.62. The highest BCUT2D eigenvalue weighted by Crippen LogP contribution is 2.23. The number of carbonyl (C=O) groups is 3. The summed E-state index contributed by atoms with van der Waals surface area (Å²) >= 11 is 3.37. The van der Waals surface area contributed by atoms with Gasteiger partial charge in [0.15, 0.2) is 15.5 Å². The van der Waals surface area contributed by atoms with Gasteiger partial charge in [-0.3, -0.25) is 14.4 Å². The first kappa shape index (κ1) is 28.3. The average Bonchev–Trinajstić information content (AvgIpc) is 3.74. The van der Waals surface area contributed by atoms with Crippen molar-refractivity contribution in [3.8, 4) is 0 Å². The maximum Gasteiger partial charge on any atom is 0.230 e. The molecule has 0 radical (unpaired) electrons. The molecule has 0 aliphatic rings. The van der Waals surface area contributed by atoms with Crippen molar-refractivity contribution in [3.05, 3.63) is 72.5 Å². The fraction of sp³-hybridized carbons (Fsp3) is 0.250. The van der Waals surface area contributed by atoms with Gasteiger partial charge in [0.25, 0.3) is 0 Å². The van der Waals surface area contributed by atoms with Gasteiger partial charge in [-0.2, -0.15) is 15.0 Å². The van der Waals surface area contributed by atoms with Crippen molar-refractivity contribution in [1.29, 1.82) is 0 Å². The molecule has 12 nitrogen and oxygen atoms in total. The van der Waals surface area contributed by atoms with Crippen molar-refractivity contribution in [2.75, 3.05) is 17.3 Å². The number of nitrogens with zero attached hydrogens (tertiary/aromatic N) is 3. The Morgan fingerprint density at radius 3 is 1.13 bits per heavy atom. The zero-order chi connectivity index (χ0) is 27.3. The average molecular weight is 589 g/mol. The number of carbonyl (C=O) groups excluding carboxylic acids is 3. The molecule has 15 heteroatoms. The smallest absolute Gasteiger partial charge is 0.230 e. The summed E-state index contributed by atoms with van der Waals surface area (Å²) in [5, 5.41) is 9.18. The highest BCUT2D eigenvalue weighted by atomic mass is 32.2. The Kier molecular flexibility index (Phi) is 10.9. The molecular formula is C24H24N6O6S3. The number of furan rings is 3. The topological polar surface area (TPSA) is 165 Å². The van der Waals surface area contributed by atoms with Crippen LogP contribution in [0.1, 0.15) is 17.3 Å². The van der Waals surface area contributed by atoms with Gasteiger partial charge in [-0.25, -0.2) is 0 Å². The number of thioether (sulfide) groups is 3. The minimum absolute atomic E-state index is 0.0617. The van der Waals surface area contributed by atoms with Crippen LogP contribution < -0.4 is 16.0 Å². The van der Waals surface area contributed by atoms with Crippen molar-refractivity contribution < 1.29 is 27.6 Å². The summed E-state index contributed by atoms with van der Waals surface area (Å²) in [4.78, 5) is 49.9. The SMILES string of the molecule is O=C(CSc1nc(SCC(=O)NCc2ccco2)nc(SCC(=O)NCc2ccco2)n1)NCc1ccco1. The van der Waals surface area contributed by atoms with Gasteiger partial charge < -0.3 is 29.2 Å². The highest BCUT2D eigenvalue weighted by Gasteiger charge is 2.14. The molecule has 39 heavy (non-hydrogen) atoms. The summed E-state index contributed by atoms with van der Waals surface area (Å²) in [5.41, 5.74) is 0. The Bertz CT molecular complexity index is 1160. The van der Waals surface area contributed by atoms with Crippen molar-refractivity contribution >= 4 is 53.0 Å². The molecule has 0 unspecified atom stereocenters. The van der Waals surface area contributed by atoms with Gasteiger partial charge in [0, 0.05) is 0 Å². The lowest BCUT2D eigenvalue weighted by Gasteiger charge is -2.08. The molecule has 0 saturated carbocycles. The molecule has 4 heterocycles. The van der Waals surface area contributed by atoms with Crippen LogP contribution in [0.3, 0.4) is 0 Å². The van der Waals surface area contributed by atoms with Crippen LogP contribution in [0.2, 0.25) is 0 Å². The number of amides is 3. The summed E-state index contributed by atoms with van der Waals surface area (Å²) in [5.74, 6) is 1.43. The predicted octanol–water partition coefficient (Wildman–Crippen LogP) is 2.88. The van der Waals surface area contributed by atoms with Crippen LogP contribution in [0.5, 0.6) is 0 Å². The quantitative estimate of drug-likeness (QED) is 0.174. The number of nitrogens with one attached hydrogen (secondary N) is 3. The fourth-order valence-electron chi connectivity index (χ4n) is 2.85. The molecule has 204 valence electrons. The van der Waals surface area contributed by atoms with Gasteiger partial charge in [-0.1, -0.05) is 35.3 Å². The monoisotopic (exact) mass is 588 g/mol. The van der Waals surface area contributed by atoms with Crippen molar-refractivity contribution in [3.63, 3.8) is 0 Å². The minimum Gasteiger partial charge on any atom is -0.467 e. The van der Waals surface area contributed by atoms with Crippen LogP contribution in [0.15, 0.2) is 83.9 Å². The lowest BCUT2D eigenvalue weighted by Crippen LogP contribution is -2.25. The van der Waals surface area contributed by atoms with Crippen LogP contribution in [0.4, 0.5) is 0 Å². The maximum atomic E-state index is 12.3. The third-order valence-corrected chi connectivity index (χ3v) is 7.23. The molecule has 3 N–H and O–H groups in total. The van der Waals surface area contributed by atoms with Gasteiger partial charge >= 0.3 is 0 Å². The summed E-state index contributed by atoms with van der Waals surface area (Å²) in [7, 11) is 0. The Balaban J connectivity index is 1.32. The Morgan fingerprint density at radius 1 is 0.564 bits per heavy atom.